The molecule has 0 saturated carbocycles. The van der Waals surface area contributed by atoms with Crippen molar-refractivity contribution in [3.05, 3.63) is 29.8 Å². The van der Waals surface area contributed by atoms with Gasteiger partial charge in [-0.1, -0.05) is 12.1 Å². The number of ether oxygens (including phenoxy) is 1. The first-order valence-corrected chi connectivity index (χ1v) is 7.56. The summed E-state index contributed by atoms with van der Waals surface area (Å²) in [5.41, 5.74) is 5.99. The lowest BCUT2D eigenvalue weighted by Crippen LogP contribution is -2.39. The zero-order valence-corrected chi connectivity index (χ0v) is 12.6. The highest BCUT2D eigenvalue weighted by Crippen LogP contribution is 2.16. The Labute approximate surface area is 115 Å². The van der Waals surface area contributed by atoms with Crippen LogP contribution in [0.3, 0.4) is 0 Å². The van der Waals surface area contributed by atoms with E-state index in [0.29, 0.717) is 0 Å². The number of hydrogen-bond acceptors (Lipinski definition) is 4. The molecule has 6 heteroatoms. The Kier molecular flexibility index (Phi) is 5.09. The summed E-state index contributed by atoms with van der Waals surface area (Å²) in [6.45, 7) is 5.64. The smallest absolute Gasteiger partial charge is 0.240 e. The van der Waals surface area contributed by atoms with Gasteiger partial charge in [0.25, 0.3) is 0 Å². The van der Waals surface area contributed by atoms with Gasteiger partial charge in [0.2, 0.25) is 10.0 Å². The van der Waals surface area contributed by atoms with Gasteiger partial charge in [0, 0.05) is 19.7 Å². The van der Waals surface area contributed by atoms with E-state index in [1.165, 1.54) is 0 Å². The summed E-state index contributed by atoms with van der Waals surface area (Å²) in [6.07, 6.45) is 0. The van der Waals surface area contributed by atoms with Crippen LogP contribution in [0, 0.1) is 0 Å². The molecule has 3 N–H and O–H groups in total. The van der Waals surface area contributed by atoms with E-state index in [9.17, 15) is 8.42 Å². The normalized spacial score (nSPS) is 14.4. The number of methoxy groups -OCH3 is 1. The third kappa shape index (κ3) is 4.58. The van der Waals surface area contributed by atoms with Gasteiger partial charge in [0.15, 0.2) is 0 Å². The summed E-state index contributed by atoms with van der Waals surface area (Å²) in [5.74, 6) is 0. The Hall–Kier alpha value is -0.950. The van der Waals surface area contributed by atoms with Crippen LogP contribution in [0.5, 0.6) is 0 Å². The Bertz CT molecular complexity index is 524. The minimum atomic E-state index is -3.55. The number of rotatable bonds is 6. The Morgan fingerprint density at radius 2 is 2.05 bits per heavy atom. The maximum atomic E-state index is 12.2. The van der Waals surface area contributed by atoms with Crippen LogP contribution in [-0.4, -0.2) is 27.7 Å². The topological polar surface area (TPSA) is 81.4 Å². The summed E-state index contributed by atoms with van der Waals surface area (Å²) in [7, 11) is -2.00. The van der Waals surface area contributed by atoms with E-state index < -0.39 is 15.6 Å². The molecule has 0 saturated heterocycles. The summed E-state index contributed by atoms with van der Waals surface area (Å²) in [6, 6.07) is 6.43. The van der Waals surface area contributed by atoms with Crippen LogP contribution in [0.25, 0.3) is 0 Å². The molecule has 1 rings (SSSR count). The van der Waals surface area contributed by atoms with E-state index in [4.69, 9.17) is 10.5 Å². The van der Waals surface area contributed by atoms with E-state index in [1.807, 2.05) is 26.8 Å². The molecule has 0 radical (unpaired) electrons. The van der Waals surface area contributed by atoms with Gasteiger partial charge in [0.05, 0.1) is 10.5 Å². The van der Waals surface area contributed by atoms with Crippen LogP contribution in [0.4, 0.5) is 0 Å². The van der Waals surface area contributed by atoms with Gasteiger partial charge in [-0.25, -0.2) is 13.1 Å². The molecule has 0 aliphatic heterocycles. The summed E-state index contributed by atoms with van der Waals surface area (Å²) >= 11 is 0. The SMILES string of the molecule is COC(C)(C)CNS(=O)(=O)c1cccc(C(C)N)c1. The minimum Gasteiger partial charge on any atom is -0.377 e. The third-order valence-electron chi connectivity index (χ3n) is 2.93. The van der Waals surface area contributed by atoms with Crippen molar-refractivity contribution in [1.29, 1.82) is 0 Å². The van der Waals surface area contributed by atoms with E-state index in [0.717, 1.165) is 5.56 Å². The molecule has 1 atom stereocenters. The van der Waals surface area contributed by atoms with Crippen molar-refractivity contribution in [2.24, 2.45) is 5.73 Å². The van der Waals surface area contributed by atoms with Crippen LogP contribution >= 0.6 is 0 Å². The highest BCUT2D eigenvalue weighted by molar-refractivity contribution is 7.89. The zero-order valence-electron chi connectivity index (χ0n) is 11.8. The second-order valence-corrected chi connectivity index (χ2v) is 6.92. The predicted molar refractivity (Wildman–Crippen MR) is 75.3 cm³/mol. The molecular weight excluding hydrogens is 264 g/mol. The van der Waals surface area contributed by atoms with Crippen molar-refractivity contribution < 1.29 is 13.2 Å². The molecule has 0 amide bonds. The number of nitrogens with one attached hydrogen (secondary N) is 1. The monoisotopic (exact) mass is 286 g/mol. The van der Waals surface area contributed by atoms with Gasteiger partial charge < -0.3 is 10.5 Å². The summed E-state index contributed by atoms with van der Waals surface area (Å²) < 4.78 is 32.0. The largest absolute Gasteiger partial charge is 0.377 e. The average Bonchev–Trinajstić information content (AvgIpc) is 2.37. The van der Waals surface area contributed by atoms with Crippen molar-refractivity contribution in [2.75, 3.05) is 13.7 Å². The van der Waals surface area contributed by atoms with Gasteiger partial charge in [-0.05, 0) is 38.5 Å². The molecule has 0 bridgehead atoms. The second-order valence-electron chi connectivity index (χ2n) is 5.15. The van der Waals surface area contributed by atoms with Gasteiger partial charge in [-0.2, -0.15) is 0 Å². The molecule has 1 aromatic rings. The molecule has 0 heterocycles. The molecule has 1 unspecified atom stereocenters. The van der Waals surface area contributed by atoms with Crippen LogP contribution in [0.15, 0.2) is 29.2 Å². The fourth-order valence-electron chi connectivity index (χ4n) is 1.39. The predicted octanol–water partition coefficient (Wildman–Crippen LogP) is 1.41. The molecule has 0 aliphatic carbocycles. The van der Waals surface area contributed by atoms with Gasteiger partial charge in [-0.15, -0.1) is 0 Å². The lowest BCUT2D eigenvalue weighted by Gasteiger charge is -2.23. The van der Waals surface area contributed by atoms with Crippen molar-refractivity contribution in [3.8, 4) is 0 Å². The van der Waals surface area contributed by atoms with Gasteiger partial charge in [-0.3, -0.25) is 0 Å². The molecule has 0 fully saturated rings. The molecule has 108 valence electrons. The Morgan fingerprint density at radius 3 is 2.58 bits per heavy atom. The minimum absolute atomic E-state index is 0.203. The lowest BCUT2D eigenvalue weighted by molar-refractivity contribution is 0.0276. The van der Waals surface area contributed by atoms with Crippen molar-refractivity contribution >= 4 is 10.0 Å². The molecular formula is C13H22N2O3S. The molecule has 0 aromatic heterocycles. The first-order valence-electron chi connectivity index (χ1n) is 6.08. The maximum Gasteiger partial charge on any atom is 0.240 e. The number of benzene rings is 1. The maximum absolute atomic E-state index is 12.2. The number of sulfonamides is 1. The van der Waals surface area contributed by atoms with E-state index in [2.05, 4.69) is 4.72 Å². The summed E-state index contributed by atoms with van der Waals surface area (Å²) in [5, 5.41) is 0. The van der Waals surface area contributed by atoms with Crippen LogP contribution < -0.4 is 10.5 Å². The highest BCUT2D eigenvalue weighted by Gasteiger charge is 2.22. The van der Waals surface area contributed by atoms with E-state index >= 15 is 0 Å². The second kappa shape index (κ2) is 6.00. The number of hydrogen-bond donors (Lipinski definition) is 2. The Morgan fingerprint density at radius 1 is 1.42 bits per heavy atom. The summed E-state index contributed by atoms with van der Waals surface area (Å²) in [4.78, 5) is 0.217. The molecule has 0 aliphatic rings. The molecule has 1 aromatic carbocycles. The standard InChI is InChI=1S/C13H22N2O3S/c1-10(14)11-6-5-7-12(8-11)19(16,17)15-9-13(2,3)18-4/h5-8,10,15H,9,14H2,1-4H3. The quantitative estimate of drug-likeness (QED) is 0.828. The lowest BCUT2D eigenvalue weighted by atomic mass is 10.1. The highest BCUT2D eigenvalue weighted by atomic mass is 32.2. The molecule has 19 heavy (non-hydrogen) atoms. The first kappa shape index (κ1) is 16.1. The van der Waals surface area contributed by atoms with Gasteiger partial charge >= 0.3 is 0 Å². The van der Waals surface area contributed by atoms with Crippen LogP contribution in [-0.2, 0) is 14.8 Å². The van der Waals surface area contributed by atoms with Crippen LogP contribution in [0.2, 0.25) is 0 Å². The van der Waals surface area contributed by atoms with Crippen LogP contribution in [0.1, 0.15) is 32.4 Å². The van der Waals surface area contributed by atoms with E-state index in [-0.39, 0.29) is 17.5 Å². The van der Waals surface area contributed by atoms with Gasteiger partial charge in [0.1, 0.15) is 0 Å². The molecule has 0 spiro atoms. The first-order chi connectivity index (χ1) is 8.68. The average molecular weight is 286 g/mol. The van der Waals surface area contributed by atoms with Crippen molar-refractivity contribution in [2.45, 2.75) is 37.3 Å². The number of nitrogens with two attached hydrogens (primary N) is 1. The van der Waals surface area contributed by atoms with Crippen molar-refractivity contribution in [3.63, 3.8) is 0 Å². The van der Waals surface area contributed by atoms with Crippen molar-refractivity contribution in [1.82, 2.24) is 4.72 Å². The third-order valence-corrected chi connectivity index (χ3v) is 4.33. The fourth-order valence-corrected chi connectivity index (χ4v) is 2.64. The van der Waals surface area contributed by atoms with E-state index in [1.54, 1.807) is 25.3 Å². The molecule has 5 nitrogen and oxygen atoms in total. The fraction of sp³-hybridized carbons (Fsp3) is 0.538. The Balaban J connectivity index is 2.92. The zero-order chi connectivity index (χ0) is 14.7.